The largest absolute Gasteiger partial charge is 0.491 e. The van der Waals surface area contributed by atoms with Crippen molar-refractivity contribution < 1.29 is 13.9 Å². The lowest BCUT2D eigenvalue weighted by atomic mass is 9.93. The van der Waals surface area contributed by atoms with E-state index in [4.69, 9.17) is 4.74 Å². The molecule has 0 saturated heterocycles. The van der Waals surface area contributed by atoms with Gasteiger partial charge in [-0.15, -0.1) is 0 Å². The van der Waals surface area contributed by atoms with Crippen molar-refractivity contribution in [3.05, 3.63) is 41.2 Å². The van der Waals surface area contributed by atoms with Crippen LogP contribution in [0.1, 0.15) is 5.56 Å². The first-order chi connectivity index (χ1) is 11.8. The highest BCUT2D eigenvalue weighted by atomic mass is 31.0. The van der Waals surface area contributed by atoms with Crippen LogP contribution in [0.2, 0.25) is 0 Å². The molecule has 1 aromatic rings. The van der Waals surface area contributed by atoms with E-state index in [1.54, 1.807) is 38.2 Å². The van der Waals surface area contributed by atoms with Crippen molar-refractivity contribution in [2.75, 3.05) is 27.7 Å². The molecule has 1 N–H and O–H groups in total. The number of ether oxygens (including phenoxy) is 1. The zero-order valence-electron chi connectivity index (χ0n) is 14.8. The first-order valence-electron chi connectivity index (χ1n) is 7.64. The van der Waals surface area contributed by atoms with Crippen molar-refractivity contribution in [1.82, 2.24) is 10.2 Å². The summed E-state index contributed by atoms with van der Waals surface area (Å²) < 4.78 is 18.4. The van der Waals surface area contributed by atoms with Gasteiger partial charge < -0.3 is 15.0 Å². The number of carbonyl (C=O) groups excluding carboxylic acids is 1. The van der Waals surface area contributed by atoms with E-state index in [-0.39, 0.29) is 17.9 Å². The summed E-state index contributed by atoms with van der Waals surface area (Å²) in [5, 5.41) is 12.0. The van der Waals surface area contributed by atoms with Gasteiger partial charge in [0.05, 0.1) is 5.70 Å². The number of nitrogens with zero attached hydrogens (tertiary/aromatic N) is 2. The van der Waals surface area contributed by atoms with E-state index < -0.39 is 11.7 Å². The molecule has 25 heavy (non-hydrogen) atoms. The molecule has 0 amide bonds. The second kappa shape index (κ2) is 9.85. The SMILES string of the molecule is Bc1ccc(/C=C(\NC)C(=O)/C(C#N)=C/N(C)C)cc1OCC(F)P. The molecule has 0 spiro atoms. The second-order valence-corrected chi connectivity index (χ2v) is 6.33. The van der Waals surface area contributed by atoms with Crippen LogP contribution in [0.5, 0.6) is 5.75 Å². The quantitative estimate of drug-likeness (QED) is 0.318. The summed E-state index contributed by atoms with van der Waals surface area (Å²) in [4.78, 5) is 14.1. The number of halogens is 1. The molecule has 0 fully saturated rings. The van der Waals surface area contributed by atoms with E-state index in [0.717, 1.165) is 5.46 Å². The summed E-state index contributed by atoms with van der Waals surface area (Å²) in [5.41, 5.74) is 1.88. The molecule has 0 saturated carbocycles. The van der Waals surface area contributed by atoms with Gasteiger partial charge in [-0.1, -0.05) is 21.4 Å². The van der Waals surface area contributed by atoms with Crippen molar-refractivity contribution in [2.45, 2.75) is 5.91 Å². The summed E-state index contributed by atoms with van der Waals surface area (Å²) in [7, 11) is 8.98. The van der Waals surface area contributed by atoms with E-state index in [0.29, 0.717) is 11.3 Å². The number of hydrogen-bond acceptors (Lipinski definition) is 5. The fraction of sp³-hybridized carbons (Fsp3) is 0.294. The minimum Gasteiger partial charge on any atom is -0.491 e. The fourth-order valence-corrected chi connectivity index (χ4v) is 2.09. The van der Waals surface area contributed by atoms with Crippen molar-refractivity contribution >= 4 is 34.4 Å². The number of likely N-dealkylation sites (N-methyl/N-ethyl adjacent to an activating group) is 1. The number of rotatable bonds is 8. The van der Waals surface area contributed by atoms with Gasteiger partial charge in [-0.3, -0.25) is 4.79 Å². The average Bonchev–Trinajstić information content (AvgIpc) is 2.56. The molecular formula is C17H22BFN3O2P. The maximum Gasteiger partial charge on any atom is 0.220 e. The molecule has 0 heterocycles. The first kappa shape index (κ1) is 20.7. The van der Waals surface area contributed by atoms with Crippen LogP contribution in [0, 0.1) is 11.3 Å². The highest BCUT2D eigenvalue weighted by Crippen LogP contribution is 2.16. The molecule has 8 heteroatoms. The van der Waals surface area contributed by atoms with Crippen LogP contribution in [0.25, 0.3) is 6.08 Å². The Bertz CT molecular complexity index is 727. The van der Waals surface area contributed by atoms with E-state index in [9.17, 15) is 14.4 Å². The van der Waals surface area contributed by atoms with Gasteiger partial charge in [-0.05, 0) is 23.2 Å². The average molecular weight is 361 g/mol. The first-order valence-corrected chi connectivity index (χ1v) is 8.30. The third kappa shape index (κ3) is 6.60. The van der Waals surface area contributed by atoms with Crippen molar-refractivity contribution in [1.29, 1.82) is 5.26 Å². The van der Waals surface area contributed by atoms with Crippen LogP contribution >= 0.6 is 9.24 Å². The molecule has 0 aromatic heterocycles. The number of allylic oxidation sites excluding steroid dienone is 1. The Kier molecular flexibility index (Phi) is 8.17. The van der Waals surface area contributed by atoms with Gasteiger partial charge in [0.1, 0.15) is 37.8 Å². The zero-order valence-corrected chi connectivity index (χ0v) is 16.0. The monoisotopic (exact) mass is 361 g/mol. The molecule has 0 bridgehead atoms. The summed E-state index contributed by atoms with van der Waals surface area (Å²) in [6.45, 7) is -0.0688. The molecule has 0 aliphatic rings. The van der Waals surface area contributed by atoms with Crippen LogP contribution in [0.15, 0.2) is 35.7 Å². The standard InChI is InChI=1S/C17H22BFN3O2P/c1-21-14(17(23)12(8-20)9-22(2)3)6-11-4-5-13(18)15(7-11)24-10-16(19)25/h4-7,9,16,21H,10,18,25H2,1-3H3/b12-9+,14-6-. The highest BCUT2D eigenvalue weighted by molar-refractivity contribution is 7.17. The Hall–Kier alpha value is -2.32. The predicted molar refractivity (Wildman–Crippen MR) is 104 cm³/mol. The molecule has 2 atom stereocenters. The third-order valence-electron chi connectivity index (χ3n) is 3.19. The summed E-state index contributed by atoms with van der Waals surface area (Å²) in [6.07, 6.45) is 3.10. The van der Waals surface area contributed by atoms with Gasteiger partial charge in [0.15, 0.2) is 0 Å². The lowest BCUT2D eigenvalue weighted by molar-refractivity contribution is -0.112. The molecular weight excluding hydrogens is 339 g/mol. The topological polar surface area (TPSA) is 65.4 Å². The van der Waals surface area contributed by atoms with E-state index in [1.807, 2.05) is 35.3 Å². The summed E-state index contributed by atoms with van der Waals surface area (Å²) in [6, 6.07) is 7.29. The van der Waals surface area contributed by atoms with Gasteiger partial charge in [0, 0.05) is 27.3 Å². The molecule has 132 valence electrons. The van der Waals surface area contributed by atoms with Gasteiger partial charge in [-0.2, -0.15) is 5.26 Å². The Morgan fingerprint density at radius 2 is 2.24 bits per heavy atom. The Labute approximate surface area is 151 Å². The molecule has 5 nitrogen and oxygen atoms in total. The van der Waals surface area contributed by atoms with Crippen molar-refractivity contribution in [3.8, 4) is 11.8 Å². The lowest BCUT2D eigenvalue weighted by Gasteiger charge is -2.12. The minimum absolute atomic E-state index is 0.0254. The van der Waals surface area contributed by atoms with Gasteiger partial charge in [-0.25, -0.2) is 4.39 Å². The van der Waals surface area contributed by atoms with E-state index >= 15 is 0 Å². The Morgan fingerprint density at radius 1 is 1.56 bits per heavy atom. The van der Waals surface area contributed by atoms with Gasteiger partial charge >= 0.3 is 0 Å². The lowest BCUT2D eigenvalue weighted by Crippen LogP contribution is -2.19. The number of carbonyl (C=O) groups is 1. The molecule has 2 unspecified atom stereocenters. The number of nitriles is 1. The van der Waals surface area contributed by atoms with E-state index in [1.165, 1.54) is 6.20 Å². The molecule has 0 aliphatic carbocycles. The van der Waals surface area contributed by atoms with Crippen LogP contribution in [-0.4, -0.2) is 52.2 Å². The highest BCUT2D eigenvalue weighted by Gasteiger charge is 2.15. The number of nitrogens with one attached hydrogen (secondary N) is 1. The summed E-state index contributed by atoms with van der Waals surface area (Å²) >= 11 is 0. The number of ketones is 1. The number of benzene rings is 1. The zero-order chi connectivity index (χ0) is 19.0. The summed E-state index contributed by atoms with van der Waals surface area (Å²) in [5.74, 6) is -1.01. The Morgan fingerprint density at radius 3 is 2.76 bits per heavy atom. The third-order valence-corrected chi connectivity index (χ3v) is 3.38. The van der Waals surface area contributed by atoms with Crippen LogP contribution in [0.4, 0.5) is 4.39 Å². The van der Waals surface area contributed by atoms with Crippen LogP contribution < -0.4 is 15.5 Å². The van der Waals surface area contributed by atoms with Gasteiger partial charge in [0.2, 0.25) is 5.78 Å². The molecule has 1 rings (SSSR count). The normalized spacial score (nSPS) is 13.0. The Balaban J connectivity index is 3.15. The second-order valence-electron chi connectivity index (χ2n) is 5.61. The maximum atomic E-state index is 13.0. The number of Topliss-reactive ketones (excluding diaryl/α,β-unsaturated/α-hetero) is 1. The number of hydrogen-bond donors (Lipinski definition) is 1. The fourth-order valence-electron chi connectivity index (χ4n) is 1.99. The molecule has 0 radical (unpaired) electrons. The van der Waals surface area contributed by atoms with E-state index in [2.05, 4.69) is 5.32 Å². The van der Waals surface area contributed by atoms with Crippen molar-refractivity contribution in [2.24, 2.45) is 0 Å². The molecule has 0 aliphatic heterocycles. The minimum atomic E-state index is -1.15. The van der Waals surface area contributed by atoms with Crippen LogP contribution in [0.3, 0.4) is 0 Å². The van der Waals surface area contributed by atoms with Crippen molar-refractivity contribution in [3.63, 3.8) is 0 Å². The van der Waals surface area contributed by atoms with Crippen LogP contribution in [-0.2, 0) is 4.79 Å². The smallest absolute Gasteiger partial charge is 0.220 e. The maximum absolute atomic E-state index is 13.0. The van der Waals surface area contributed by atoms with Gasteiger partial charge in [0.25, 0.3) is 0 Å². The number of alkyl halides is 1. The predicted octanol–water partition coefficient (Wildman–Crippen LogP) is 0.593. The molecule has 1 aromatic carbocycles.